The quantitative estimate of drug-likeness (QED) is 0.421. The molecule has 0 radical (unpaired) electrons. The lowest BCUT2D eigenvalue weighted by Crippen LogP contribution is -2.30. The number of aromatic nitrogens is 5. The van der Waals surface area contributed by atoms with Gasteiger partial charge in [0, 0.05) is 23.6 Å². The molecule has 0 saturated carbocycles. The van der Waals surface area contributed by atoms with Crippen LogP contribution in [0.2, 0.25) is 0 Å². The van der Waals surface area contributed by atoms with Crippen molar-refractivity contribution in [1.82, 2.24) is 24.5 Å². The van der Waals surface area contributed by atoms with Crippen molar-refractivity contribution >= 4 is 17.6 Å². The van der Waals surface area contributed by atoms with Gasteiger partial charge < -0.3 is 9.67 Å². The maximum Gasteiger partial charge on any atom is 0.358 e. The zero-order valence-corrected chi connectivity index (χ0v) is 20.1. The van der Waals surface area contributed by atoms with Crippen LogP contribution in [0.5, 0.6) is 0 Å². The van der Waals surface area contributed by atoms with Crippen LogP contribution in [0.1, 0.15) is 52.7 Å². The fourth-order valence-corrected chi connectivity index (χ4v) is 3.60. The van der Waals surface area contributed by atoms with Gasteiger partial charge in [0.05, 0.1) is 31.0 Å². The van der Waals surface area contributed by atoms with E-state index in [4.69, 9.17) is 9.94 Å². The van der Waals surface area contributed by atoms with Crippen LogP contribution < -0.4 is 5.06 Å². The van der Waals surface area contributed by atoms with Crippen molar-refractivity contribution in [3.63, 3.8) is 0 Å². The van der Waals surface area contributed by atoms with Gasteiger partial charge in [-0.05, 0) is 53.8 Å². The Hall–Kier alpha value is -4.31. The summed E-state index contributed by atoms with van der Waals surface area (Å²) in [5.41, 5.74) is 3.72. The Labute approximate surface area is 202 Å². The van der Waals surface area contributed by atoms with Crippen LogP contribution in [0.15, 0.2) is 61.3 Å². The van der Waals surface area contributed by atoms with Crippen LogP contribution in [0.4, 0.5) is 5.69 Å². The first-order valence-electron chi connectivity index (χ1n) is 10.9. The molecular weight excluding hydrogens is 448 g/mol. The van der Waals surface area contributed by atoms with Crippen molar-refractivity contribution < 1.29 is 19.5 Å². The topological polar surface area (TPSA) is 115 Å². The zero-order chi connectivity index (χ0) is 25.3. The number of aryl methyl sites for hydroxylation is 1. The van der Waals surface area contributed by atoms with Crippen molar-refractivity contribution in [2.45, 2.75) is 33.1 Å². The molecule has 2 aromatic heterocycles. The van der Waals surface area contributed by atoms with Crippen molar-refractivity contribution in [2.75, 3.05) is 12.2 Å². The maximum atomic E-state index is 13.6. The lowest BCUT2D eigenvalue weighted by molar-refractivity contribution is 0.0689. The standard InChI is InChI=1S/C25H26N6O4/c1-16-6-7-17(10-22(16)30-14-21(24(33)34)27-28-30)23(32)31(35-5)20-12-18(25(2,3)4)11-19(13-20)29-9-8-26-15-29/h6-15H,1-5H3,(H,33,34). The minimum atomic E-state index is -1.18. The molecule has 4 rings (SSSR count). The maximum absolute atomic E-state index is 13.6. The van der Waals surface area contributed by atoms with E-state index in [1.54, 1.807) is 30.7 Å². The summed E-state index contributed by atoms with van der Waals surface area (Å²) in [6, 6.07) is 10.9. The highest BCUT2D eigenvalue weighted by molar-refractivity contribution is 6.05. The molecule has 180 valence electrons. The van der Waals surface area contributed by atoms with Crippen molar-refractivity contribution in [1.29, 1.82) is 0 Å². The number of hydrogen-bond donors (Lipinski definition) is 1. The van der Waals surface area contributed by atoms with E-state index in [-0.39, 0.29) is 11.1 Å². The first-order valence-corrected chi connectivity index (χ1v) is 10.9. The highest BCUT2D eigenvalue weighted by Crippen LogP contribution is 2.31. The van der Waals surface area contributed by atoms with Crippen molar-refractivity contribution in [2.24, 2.45) is 0 Å². The predicted molar refractivity (Wildman–Crippen MR) is 129 cm³/mol. The van der Waals surface area contributed by atoms with Crippen LogP contribution >= 0.6 is 0 Å². The number of aromatic carboxylic acids is 1. The molecule has 4 aromatic rings. The van der Waals surface area contributed by atoms with E-state index in [1.807, 2.05) is 29.8 Å². The molecule has 10 nitrogen and oxygen atoms in total. The Morgan fingerprint density at radius 1 is 1.11 bits per heavy atom. The predicted octanol–water partition coefficient (Wildman–Crippen LogP) is 3.97. The van der Waals surface area contributed by atoms with E-state index < -0.39 is 11.9 Å². The largest absolute Gasteiger partial charge is 0.476 e. The van der Waals surface area contributed by atoms with Crippen LogP contribution in [0.3, 0.4) is 0 Å². The average molecular weight is 475 g/mol. The van der Waals surface area contributed by atoms with Crippen LogP contribution in [-0.4, -0.2) is 48.6 Å². The molecule has 35 heavy (non-hydrogen) atoms. The van der Waals surface area contributed by atoms with Gasteiger partial charge in [-0.2, -0.15) is 5.06 Å². The zero-order valence-electron chi connectivity index (χ0n) is 20.1. The number of amides is 1. The molecule has 0 spiro atoms. The molecule has 2 aromatic carbocycles. The van der Waals surface area contributed by atoms with Crippen LogP contribution in [0, 0.1) is 6.92 Å². The van der Waals surface area contributed by atoms with Gasteiger partial charge in [0.15, 0.2) is 5.69 Å². The summed E-state index contributed by atoms with van der Waals surface area (Å²) in [5, 5.41) is 17.9. The van der Waals surface area contributed by atoms with E-state index in [9.17, 15) is 9.59 Å². The Balaban J connectivity index is 1.76. The van der Waals surface area contributed by atoms with E-state index in [1.165, 1.54) is 23.1 Å². The Kier molecular flexibility index (Phi) is 6.23. The van der Waals surface area contributed by atoms with Crippen molar-refractivity contribution in [3.05, 3.63) is 83.7 Å². The molecule has 0 aliphatic rings. The highest BCUT2D eigenvalue weighted by Gasteiger charge is 2.23. The van der Waals surface area contributed by atoms with E-state index in [2.05, 4.69) is 42.1 Å². The van der Waals surface area contributed by atoms with Gasteiger partial charge >= 0.3 is 5.97 Å². The molecule has 0 atom stereocenters. The molecule has 1 amide bonds. The Morgan fingerprint density at radius 3 is 2.49 bits per heavy atom. The third-order valence-electron chi connectivity index (χ3n) is 5.59. The molecule has 2 heterocycles. The number of rotatable bonds is 6. The first-order chi connectivity index (χ1) is 16.6. The van der Waals surface area contributed by atoms with Gasteiger partial charge in [0.1, 0.15) is 0 Å². The minimum absolute atomic E-state index is 0.181. The number of imidazole rings is 1. The van der Waals surface area contributed by atoms with Gasteiger partial charge in [0.25, 0.3) is 5.91 Å². The molecular formula is C25H26N6O4. The number of hydrogen-bond acceptors (Lipinski definition) is 6. The second-order valence-corrected chi connectivity index (χ2v) is 9.09. The molecule has 0 aliphatic carbocycles. The Bertz CT molecular complexity index is 1390. The SMILES string of the molecule is CON(C(=O)c1ccc(C)c(-n2cc(C(=O)O)nn2)c1)c1cc(-n2ccnc2)cc(C(C)(C)C)c1. The molecule has 1 N–H and O–H groups in total. The number of carbonyl (C=O) groups excluding carboxylic acids is 1. The smallest absolute Gasteiger partial charge is 0.358 e. The number of nitrogens with zero attached hydrogens (tertiary/aromatic N) is 6. The first kappa shape index (κ1) is 23.8. The number of hydroxylamine groups is 1. The lowest BCUT2D eigenvalue weighted by Gasteiger charge is -2.25. The molecule has 10 heteroatoms. The monoisotopic (exact) mass is 474 g/mol. The van der Waals surface area contributed by atoms with Crippen molar-refractivity contribution in [3.8, 4) is 11.4 Å². The summed E-state index contributed by atoms with van der Waals surface area (Å²) in [6.45, 7) is 8.12. The number of carboxylic acids is 1. The van der Waals surface area contributed by atoms with E-state index >= 15 is 0 Å². The summed E-state index contributed by atoms with van der Waals surface area (Å²) >= 11 is 0. The van der Waals surface area contributed by atoms with Gasteiger partial charge in [-0.3, -0.25) is 9.63 Å². The summed E-state index contributed by atoms with van der Waals surface area (Å²) in [6.07, 6.45) is 6.52. The number of anilines is 1. The second kappa shape index (κ2) is 9.15. The summed E-state index contributed by atoms with van der Waals surface area (Å²) in [4.78, 5) is 34.5. The summed E-state index contributed by atoms with van der Waals surface area (Å²) in [5.74, 6) is -1.57. The fraction of sp³-hybridized carbons (Fsp3) is 0.240. The van der Waals surface area contributed by atoms with Gasteiger partial charge in [-0.15, -0.1) is 5.10 Å². The van der Waals surface area contributed by atoms with E-state index in [0.717, 1.165) is 16.8 Å². The summed E-state index contributed by atoms with van der Waals surface area (Å²) in [7, 11) is 1.43. The molecule has 0 saturated heterocycles. The number of carboxylic acid groups (broad SMARTS) is 1. The third kappa shape index (κ3) is 4.82. The van der Waals surface area contributed by atoms with Crippen LogP contribution in [-0.2, 0) is 10.3 Å². The van der Waals surface area contributed by atoms with Gasteiger partial charge in [0.2, 0.25) is 0 Å². The van der Waals surface area contributed by atoms with Crippen LogP contribution in [0.25, 0.3) is 11.4 Å². The molecule has 0 bridgehead atoms. The molecule has 0 unspecified atom stereocenters. The van der Waals surface area contributed by atoms with Gasteiger partial charge in [-0.1, -0.05) is 32.1 Å². The minimum Gasteiger partial charge on any atom is -0.476 e. The normalized spacial score (nSPS) is 11.5. The Morgan fingerprint density at radius 2 is 1.89 bits per heavy atom. The number of carbonyl (C=O) groups is 2. The average Bonchev–Trinajstić information content (AvgIpc) is 3.52. The lowest BCUT2D eigenvalue weighted by atomic mass is 9.86. The third-order valence-corrected chi connectivity index (χ3v) is 5.59. The fourth-order valence-electron chi connectivity index (χ4n) is 3.60. The van der Waals surface area contributed by atoms with E-state index in [0.29, 0.717) is 16.9 Å². The number of benzene rings is 2. The highest BCUT2D eigenvalue weighted by atomic mass is 16.7. The van der Waals surface area contributed by atoms with Gasteiger partial charge in [-0.25, -0.2) is 14.5 Å². The molecule has 0 aliphatic heterocycles. The summed E-state index contributed by atoms with van der Waals surface area (Å²) < 4.78 is 3.20. The molecule has 0 fully saturated rings. The second-order valence-electron chi connectivity index (χ2n) is 9.09.